The number of nitrogens with zero attached hydrogens (tertiary/aromatic N) is 3. The third kappa shape index (κ3) is 3.53. The normalized spacial score (nSPS) is 22.1. The molecule has 3 nitrogen and oxygen atoms in total. The summed E-state index contributed by atoms with van der Waals surface area (Å²) in [7, 11) is 4.40. The molecule has 1 aromatic rings. The monoisotopic (exact) mass is 247 g/mol. The number of aryl methyl sites for hydroxylation is 1. The van der Waals surface area contributed by atoms with E-state index < -0.39 is 0 Å². The predicted molar refractivity (Wildman–Crippen MR) is 75.6 cm³/mol. The third-order valence-corrected chi connectivity index (χ3v) is 4.05. The molecule has 2 rings (SSSR count). The highest BCUT2D eigenvalue weighted by Gasteiger charge is 2.18. The lowest BCUT2D eigenvalue weighted by Crippen LogP contribution is -2.30. The Bertz CT molecular complexity index is 376. The van der Waals surface area contributed by atoms with Gasteiger partial charge in [-0.25, -0.2) is 0 Å². The fourth-order valence-electron chi connectivity index (χ4n) is 2.73. The van der Waals surface area contributed by atoms with Gasteiger partial charge in [0.2, 0.25) is 0 Å². The number of pyridine rings is 1. The lowest BCUT2D eigenvalue weighted by Gasteiger charge is -2.23. The summed E-state index contributed by atoms with van der Waals surface area (Å²) in [6.45, 7) is 5.67. The van der Waals surface area contributed by atoms with E-state index in [-0.39, 0.29) is 0 Å². The van der Waals surface area contributed by atoms with Crippen LogP contribution >= 0.6 is 0 Å². The van der Waals surface area contributed by atoms with Crippen LogP contribution in [0.25, 0.3) is 0 Å². The van der Waals surface area contributed by atoms with Crippen LogP contribution in [0.5, 0.6) is 0 Å². The molecule has 100 valence electrons. The lowest BCUT2D eigenvalue weighted by molar-refractivity contribution is 0.245. The molecular formula is C15H25N3. The van der Waals surface area contributed by atoms with Crippen molar-refractivity contribution in [3.05, 3.63) is 29.6 Å². The predicted octanol–water partition coefficient (Wildman–Crippen LogP) is 2.31. The molecule has 0 aromatic carbocycles. The van der Waals surface area contributed by atoms with Crippen LogP contribution in [0, 0.1) is 6.92 Å². The maximum absolute atomic E-state index is 4.17. The second kappa shape index (κ2) is 6.30. The molecule has 0 aliphatic carbocycles. The second-order valence-electron chi connectivity index (χ2n) is 5.63. The molecule has 0 radical (unpaired) electrons. The average molecular weight is 247 g/mol. The number of hydrogen-bond donors (Lipinski definition) is 0. The molecule has 2 heterocycles. The molecule has 1 aliphatic heterocycles. The van der Waals surface area contributed by atoms with E-state index in [0.717, 1.165) is 12.6 Å². The van der Waals surface area contributed by atoms with Gasteiger partial charge in [-0.3, -0.25) is 9.88 Å². The van der Waals surface area contributed by atoms with E-state index in [2.05, 4.69) is 41.9 Å². The number of hydrogen-bond acceptors (Lipinski definition) is 3. The van der Waals surface area contributed by atoms with Gasteiger partial charge in [0.25, 0.3) is 0 Å². The van der Waals surface area contributed by atoms with Crippen molar-refractivity contribution in [2.45, 2.75) is 38.8 Å². The van der Waals surface area contributed by atoms with Gasteiger partial charge in [0.1, 0.15) is 0 Å². The molecule has 0 saturated carbocycles. The highest BCUT2D eigenvalue weighted by molar-refractivity contribution is 5.21. The highest BCUT2D eigenvalue weighted by atomic mass is 15.2. The second-order valence-corrected chi connectivity index (χ2v) is 5.63. The molecule has 1 aromatic heterocycles. The van der Waals surface area contributed by atoms with Crippen molar-refractivity contribution in [3.8, 4) is 0 Å². The summed E-state index contributed by atoms with van der Waals surface area (Å²) in [4.78, 5) is 9.13. The summed E-state index contributed by atoms with van der Waals surface area (Å²) in [5.41, 5.74) is 2.74. The van der Waals surface area contributed by atoms with Crippen molar-refractivity contribution in [2.75, 3.05) is 27.2 Å². The molecule has 0 N–H and O–H groups in total. The van der Waals surface area contributed by atoms with Gasteiger partial charge >= 0.3 is 0 Å². The van der Waals surface area contributed by atoms with Crippen LogP contribution in [0.1, 0.15) is 30.4 Å². The summed E-state index contributed by atoms with van der Waals surface area (Å²) >= 11 is 0. The average Bonchev–Trinajstić information content (AvgIpc) is 2.58. The Morgan fingerprint density at radius 2 is 2.17 bits per heavy atom. The summed E-state index contributed by atoms with van der Waals surface area (Å²) in [5, 5.41) is 0. The van der Waals surface area contributed by atoms with Gasteiger partial charge < -0.3 is 4.90 Å². The molecule has 18 heavy (non-hydrogen) atoms. The molecule has 0 amide bonds. The van der Waals surface area contributed by atoms with Crippen LogP contribution in [0.2, 0.25) is 0 Å². The van der Waals surface area contributed by atoms with E-state index in [0.29, 0.717) is 0 Å². The van der Waals surface area contributed by atoms with Crippen LogP contribution in [0.15, 0.2) is 18.5 Å². The van der Waals surface area contributed by atoms with Gasteiger partial charge in [0.15, 0.2) is 0 Å². The summed E-state index contributed by atoms with van der Waals surface area (Å²) < 4.78 is 0. The molecular weight excluding hydrogens is 222 g/mol. The van der Waals surface area contributed by atoms with E-state index in [1.54, 1.807) is 0 Å². The van der Waals surface area contributed by atoms with Crippen LogP contribution in [0.4, 0.5) is 0 Å². The molecule has 1 saturated heterocycles. The van der Waals surface area contributed by atoms with E-state index >= 15 is 0 Å². The Balaban J connectivity index is 1.93. The Hall–Kier alpha value is -0.930. The summed E-state index contributed by atoms with van der Waals surface area (Å²) in [5.74, 6) is 0. The first-order valence-electron chi connectivity index (χ1n) is 6.95. The van der Waals surface area contributed by atoms with Crippen LogP contribution < -0.4 is 0 Å². The van der Waals surface area contributed by atoms with Gasteiger partial charge in [-0.15, -0.1) is 0 Å². The number of likely N-dealkylation sites (tertiary alicyclic amines) is 1. The quantitative estimate of drug-likeness (QED) is 0.817. The topological polar surface area (TPSA) is 19.4 Å². The smallest absolute Gasteiger partial charge is 0.0300 e. The van der Waals surface area contributed by atoms with Gasteiger partial charge in [-0.05, 0) is 70.6 Å². The van der Waals surface area contributed by atoms with Gasteiger partial charge in [-0.2, -0.15) is 0 Å². The zero-order chi connectivity index (χ0) is 13.0. The molecule has 0 spiro atoms. The maximum Gasteiger partial charge on any atom is 0.0300 e. The molecule has 1 atom stereocenters. The number of rotatable bonds is 3. The van der Waals surface area contributed by atoms with Crippen LogP contribution in [0.3, 0.4) is 0 Å². The standard InChI is InChI=1S/C15H25N3/c1-13-11-16-8-6-14(13)12-18-9-4-5-15(7-10-18)17(2)3/h6,8,11,15H,4-5,7,9-10,12H2,1-3H3. The van der Waals surface area contributed by atoms with E-state index in [4.69, 9.17) is 0 Å². The summed E-state index contributed by atoms with van der Waals surface area (Å²) in [6, 6.07) is 2.91. The maximum atomic E-state index is 4.17. The highest BCUT2D eigenvalue weighted by Crippen LogP contribution is 2.17. The third-order valence-electron chi connectivity index (χ3n) is 4.05. The van der Waals surface area contributed by atoms with Gasteiger partial charge in [0.05, 0.1) is 0 Å². The van der Waals surface area contributed by atoms with E-state index in [1.807, 2.05) is 12.4 Å². The zero-order valence-corrected chi connectivity index (χ0v) is 11.9. The Morgan fingerprint density at radius 1 is 1.33 bits per heavy atom. The van der Waals surface area contributed by atoms with E-state index in [9.17, 15) is 0 Å². The van der Waals surface area contributed by atoms with Crippen LogP contribution in [-0.2, 0) is 6.54 Å². The zero-order valence-electron chi connectivity index (χ0n) is 11.9. The minimum Gasteiger partial charge on any atom is -0.306 e. The van der Waals surface area contributed by atoms with Gasteiger partial charge in [-0.1, -0.05) is 0 Å². The molecule has 3 heteroatoms. The van der Waals surface area contributed by atoms with Crippen molar-refractivity contribution in [1.82, 2.24) is 14.8 Å². The Kier molecular flexibility index (Phi) is 4.72. The fourth-order valence-corrected chi connectivity index (χ4v) is 2.73. The fraction of sp³-hybridized carbons (Fsp3) is 0.667. The largest absolute Gasteiger partial charge is 0.306 e. The molecule has 1 fully saturated rings. The van der Waals surface area contributed by atoms with Crippen molar-refractivity contribution in [3.63, 3.8) is 0 Å². The van der Waals surface area contributed by atoms with Crippen molar-refractivity contribution < 1.29 is 0 Å². The van der Waals surface area contributed by atoms with Gasteiger partial charge in [0, 0.05) is 25.0 Å². The molecule has 1 aliphatic rings. The Labute approximate surface area is 111 Å². The lowest BCUT2D eigenvalue weighted by atomic mass is 10.1. The molecule has 0 bridgehead atoms. The Morgan fingerprint density at radius 3 is 2.89 bits per heavy atom. The first kappa shape index (κ1) is 13.5. The SMILES string of the molecule is Cc1cnccc1CN1CCCC(N(C)C)CC1. The first-order valence-corrected chi connectivity index (χ1v) is 6.95. The van der Waals surface area contributed by atoms with Crippen molar-refractivity contribution in [2.24, 2.45) is 0 Å². The summed E-state index contributed by atoms with van der Waals surface area (Å²) in [6.07, 6.45) is 7.81. The van der Waals surface area contributed by atoms with E-state index in [1.165, 1.54) is 43.5 Å². The van der Waals surface area contributed by atoms with Crippen LogP contribution in [-0.4, -0.2) is 48.0 Å². The first-order chi connectivity index (χ1) is 8.66. The minimum atomic E-state index is 0.758. The van der Waals surface area contributed by atoms with Crippen molar-refractivity contribution in [1.29, 1.82) is 0 Å². The number of aromatic nitrogens is 1. The minimum absolute atomic E-state index is 0.758. The molecule has 1 unspecified atom stereocenters. The van der Waals surface area contributed by atoms with Crippen molar-refractivity contribution >= 4 is 0 Å².